The van der Waals surface area contributed by atoms with E-state index < -0.39 is 4.92 Å². The number of carbonyl (C=O) groups excluding carboxylic acids is 1. The minimum Gasteiger partial charge on any atom is -0.493 e. The normalized spacial score (nSPS) is 16.4. The van der Waals surface area contributed by atoms with Gasteiger partial charge in [-0.2, -0.15) is 0 Å². The molecule has 182 valence electrons. The standard InChI is InChI=1S/C27H24N4O5/c1-35-24-16-19-14-15-29-26(23(32)13-10-18-8-11-21(12-9-18)31(33)34)28-30(20-6-4-3-5-7-20)27(29)22(19)17-25(24)36-2/h3-13,16-17,27H,14-15H2,1-2H3/b13-10+. The van der Waals surface area contributed by atoms with Crippen molar-refractivity contribution in [2.75, 3.05) is 25.8 Å². The molecule has 2 aliphatic heterocycles. The first kappa shape index (κ1) is 23.1. The molecule has 2 aliphatic rings. The number of ketones is 1. The fourth-order valence-corrected chi connectivity index (χ4v) is 4.55. The molecule has 9 heteroatoms. The summed E-state index contributed by atoms with van der Waals surface area (Å²) in [5.41, 5.74) is 3.65. The van der Waals surface area contributed by atoms with E-state index >= 15 is 0 Å². The van der Waals surface area contributed by atoms with Crippen molar-refractivity contribution < 1.29 is 19.2 Å². The summed E-state index contributed by atoms with van der Waals surface area (Å²) in [4.78, 5) is 25.8. The summed E-state index contributed by atoms with van der Waals surface area (Å²) >= 11 is 0. The highest BCUT2D eigenvalue weighted by atomic mass is 16.6. The van der Waals surface area contributed by atoms with Crippen LogP contribution >= 0.6 is 0 Å². The van der Waals surface area contributed by atoms with Gasteiger partial charge in [0, 0.05) is 24.2 Å². The number of anilines is 1. The smallest absolute Gasteiger partial charge is 0.269 e. The molecule has 0 amide bonds. The van der Waals surface area contributed by atoms with Crippen molar-refractivity contribution in [1.29, 1.82) is 0 Å². The fraction of sp³-hybridized carbons (Fsp3) is 0.185. The maximum atomic E-state index is 13.3. The van der Waals surface area contributed by atoms with E-state index in [0.29, 0.717) is 35.9 Å². The fourth-order valence-electron chi connectivity index (χ4n) is 4.55. The number of non-ortho nitro benzene ring substituents is 1. The van der Waals surface area contributed by atoms with Crippen LogP contribution < -0.4 is 14.5 Å². The maximum absolute atomic E-state index is 13.3. The van der Waals surface area contributed by atoms with Gasteiger partial charge in [0.15, 0.2) is 23.5 Å². The average molecular weight is 485 g/mol. The van der Waals surface area contributed by atoms with Gasteiger partial charge in [-0.25, -0.2) is 5.01 Å². The predicted octanol–water partition coefficient (Wildman–Crippen LogP) is 4.58. The van der Waals surface area contributed by atoms with Crippen molar-refractivity contribution in [2.45, 2.75) is 12.6 Å². The van der Waals surface area contributed by atoms with Crippen molar-refractivity contribution in [1.82, 2.24) is 4.90 Å². The minimum absolute atomic E-state index is 0.000898. The monoisotopic (exact) mass is 484 g/mol. The lowest BCUT2D eigenvalue weighted by atomic mass is 9.95. The third-order valence-corrected chi connectivity index (χ3v) is 6.32. The predicted molar refractivity (Wildman–Crippen MR) is 136 cm³/mol. The van der Waals surface area contributed by atoms with E-state index in [-0.39, 0.29) is 17.6 Å². The van der Waals surface area contributed by atoms with Crippen molar-refractivity contribution in [3.63, 3.8) is 0 Å². The molecule has 0 fully saturated rings. The summed E-state index contributed by atoms with van der Waals surface area (Å²) in [5, 5.41) is 17.5. The van der Waals surface area contributed by atoms with Gasteiger partial charge < -0.3 is 14.4 Å². The highest BCUT2D eigenvalue weighted by molar-refractivity contribution is 6.44. The quantitative estimate of drug-likeness (QED) is 0.275. The summed E-state index contributed by atoms with van der Waals surface area (Å²) in [6.07, 6.45) is 3.49. The number of nitro groups is 1. The summed E-state index contributed by atoms with van der Waals surface area (Å²) < 4.78 is 11.1. The number of amidine groups is 1. The van der Waals surface area contributed by atoms with Crippen LogP contribution in [0.15, 0.2) is 77.9 Å². The van der Waals surface area contributed by atoms with Gasteiger partial charge >= 0.3 is 0 Å². The first-order valence-corrected chi connectivity index (χ1v) is 11.4. The molecule has 0 radical (unpaired) electrons. The van der Waals surface area contributed by atoms with Gasteiger partial charge in [0.2, 0.25) is 5.78 Å². The zero-order valence-electron chi connectivity index (χ0n) is 19.8. The van der Waals surface area contributed by atoms with Crippen LogP contribution in [0, 0.1) is 10.1 Å². The number of rotatable bonds is 7. The number of hydrogen-bond acceptors (Lipinski definition) is 8. The van der Waals surface area contributed by atoms with Gasteiger partial charge in [0.1, 0.15) is 0 Å². The summed E-state index contributed by atoms with van der Waals surface area (Å²) in [6.45, 7) is 0.604. The van der Waals surface area contributed by atoms with Gasteiger partial charge in [-0.3, -0.25) is 14.9 Å². The zero-order valence-corrected chi connectivity index (χ0v) is 19.8. The number of hydrazone groups is 1. The number of ether oxygens (including phenoxy) is 2. The Morgan fingerprint density at radius 1 is 1.06 bits per heavy atom. The Morgan fingerprint density at radius 3 is 2.42 bits per heavy atom. The molecule has 1 unspecified atom stereocenters. The summed E-state index contributed by atoms with van der Waals surface area (Å²) in [7, 11) is 3.21. The molecular formula is C27H24N4O5. The molecule has 0 aliphatic carbocycles. The molecular weight excluding hydrogens is 460 g/mol. The molecule has 3 aromatic rings. The number of nitrogens with zero attached hydrogens (tertiary/aromatic N) is 4. The van der Waals surface area contributed by atoms with Crippen LogP contribution in [0.4, 0.5) is 11.4 Å². The van der Waals surface area contributed by atoms with Crippen molar-refractivity contribution in [3.8, 4) is 11.5 Å². The molecule has 5 rings (SSSR count). The molecule has 9 nitrogen and oxygen atoms in total. The number of benzene rings is 3. The molecule has 1 atom stereocenters. The lowest BCUT2D eigenvalue weighted by molar-refractivity contribution is -0.384. The lowest BCUT2D eigenvalue weighted by Crippen LogP contribution is -2.42. The lowest BCUT2D eigenvalue weighted by Gasteiger charge is -2.37. The number of methoxy groups -OCH3 is 2. The summed E-state index contributed by atoms with van der Waals surface area (Å²) in [5.74, 6) is 1.37. The van der Waals surface area contributed by atoms with Gasteiger partial charge in [-0.1, -0.05) is 24.3 Å². The third-order valence-electron chi connectivity index (χ3n) is 6.32. The van der Waals surface area contributed by atoms with Crippen molar-refractivity contribution in [3.05, 3.63) is 99.6 Å². The van der Waals surface area contributed by atoms with Gasteiger partial charge in [-0.05, 0) is 60.0 Å². The van der Waals surface area contributed by atoms with Crippen LogP contribution in [0.1, 0.15) is 22.9 Å². The van der Waals surface area contributed by atoms with Gasteiger partial charge in [0.05, 0.1) is 24.8 Å². The molecule has 2 heterocycles. The molecule has 0 saturated heterocycles. The van der Waals surface area contributed by atoms with Gasteiger partial charge in [0.25, 0.3) is 5.69 Å². The first-order chi connectivity index (χ1) is 17.5. The second-order valence-corrected chi connectivity index (χ2v) is 8.37. The number of carbonyl (C=O) groups is 1. The Hall–Kier alpha value is -4.66. The SMILES string of the molecule is COc1cc2c(cc1OC)C1N(CC2)C(C(=O)/C=C/c2ccc([N+](=O)[O-])cc2)=NN1c1ccccc1. The Kier molecular flexibility index (Phi) is 6.12. The molecule has 0 bridgehead atoms. The Balaban J connectivity index is 1.50. The van der Waals surface area contributed by atoms with Crippen molar-refractivity contribution >= 4 is 29.1 Å². The van der Waals surface area contributed by atoms with E-state index in [1.807, 2.05) is 52.4 Å². The molecule has 0 spiro atoms. The van der Waals surface area contributed by atoms with E-state index in [1.165, 1.54) is 18.2 Å². The highest BCUT2D eigenvalue weighted by Crippen LogP contribution is 2.43. The van der Waals surface area contributed by atoms with E-state index in [2.05, 4.69) is 0 Å². The Bertz CT molecular complexity index is 1370. The molecule has 0 N–H and O–H groups in total. The average Bonchev–Trinajstić information content (AvgIpc) is 3.32. The molecule has 0 saturated carbocycles. The van der Waals surface area contributed by atoms with Crippen LogP contribution in [-0.2, 0) is 11.2 Å². The van der Waals surface area contributed by atoms with E-state index in [4.69, 9.17) is 14.6 Å². The van der Waals surface area contributed by atoms with Crippen LogP contribution in [0.2, 0.25) is 0 Å². The largest absolute Gasteiger partial charge is 0.493 e. The molecule has 3 aromatic carbocycles. The van der Waals surface area contributed by atoms with Crippen LogP contribution in [0.3, 0.4) is 0 Å². The third kappa shape index (κ3) is 4.15. The Morgan fingerprint density at radius 2 is 1.75 bits per heavy atom. The number of para-hydroxylation sites is 1. The first-order valence-electron chi connectivity index (χ1n) is 11.4. The Labute approximate surface area is 208 Å². The number of hydrogen-bond donors (Lipinski definition) is 0. The van der Waals surface area contributed by atoms with E-state index in [9.17, 15) is 14.9 Å². The highest BCUT2D eigenvalue weighted by Gasteiger charge is 2.42. The van der Waals surface area contributed by atoms with Gasteiger partial charge in [-0.15, -0.1) is 5.10 Å². The minimum atomic E-state index is -0.455. The van der Waals surface area contributed by atoms with E-state index in [1.54, 1.807) is 32.4 Å². The molecule has 36 heavy (non-hydrogen) atoms. The van der Waals surface area contributed by atoms with Crippen LogP contribution in [0.25, 0.3) is 6.08 Å². The van der Waals surface area contributed by atoms with Crippen LogP contribution in [0.5, 0.6) is 11.5 Å². The number of fused-ring (bicyclic) bond motifs is 3. The topological polar surface area (TPSA) is 97.5 Å². The van der Waals surface area contributed by atoms with E-state index in [0.717, 1.165) is 16.8 Å². The second kappa shape index (κ2) is 9.53. The van der Waals surface area contributed by atoms with Crippen molar-refractivity contribution in [2.24, 2.45) is 5.10 Å². The molecule has 0 aromatic heterocycles. The van der Waals surface area contributed by atoms with Crippen LogP contribution in [-0.4, -0.2) is 42.2 Å². The maximum Gasteiger partial charge on any atom is 0.269 e. The number of nitro benzene ring substituents is 1. The zero-order chi connectivity index (χ0) is 25.2. The summed E-state index contributed by atoms with van der Waals surface area (Å²) in [6, 6.07) is 19.7. The second-order valence-electron chi connectivity index (χ2n) is 8.37.